The number of aromatic nitrogens is 2. The summed E-state index contributed by atoms with van der Waals surface area (Å²) >= 11 is 0. The Balaban J connectivity index is 1.38. The van der Waals surface area contributed by atoms with Gasteiger partial charge in [-0.2, -0.15) is 5.10 Å². The van der Waals surface area contributed by atoms with E-state index in [9.17, 15) is 4.79 Å². The number of hydrogen-bond acceptors (Lipinski definition) is 6. The number of methoxy groups -OCH3 is 1. The van der Waals surface area contributed by atoms with Crippen molar-refractivity contribution >= 4 is 5.91 Å². The Morgan fingerprint density at radius 3 is 2.53 bits per heavy atom. The average Bonchev–Trinajstić information content (AvgIpc) is 3.31. The highest BCUT2D eigenvalue weighted by Gasteiger charge is 2.13. The molecule has 1 aromatic heterocycles. The number of nitrogens with zero attached hydrogens (tertiary/aromatic N) is 2. The standard InChI is InChI=1S/C26H29N3O5/c1-3-33-26-16-24(28-29(26)21-6-10-22(31-2)11-7-21)20-4-8-23(9-5-20)34-18-25(30)27-17-19-12-14-32-15-13-19/h4-12,16H,3,13-15,17-18H2,1-2H3,(H,27,30). The molecule has 1 amide bonds. The zero-order chi connectivity index (χ0) is 23.8. The number of amides is 1. The molecule has 2 aromatic carbocycles. The smallest absolute Gasteiger partial charge is 0.258 e. The van der Waals surface area contributed by atoms with Crippen LogP contribution in [0, 0.1) is 0 Å². The average molecular weight is 464 g/mol. The van der Waals surface area contributed by atoms with Gasteiger partial charge in [0.05, 0.1) is 38.3 Å². The molecule has 0 aliphatic carbocycles. The van der Waals surface area contributed by atoms with Crippen LogP contribution in [0.5, 0.6) is 17.4 Å². The fraction of sp³-hybridized carbons (Fsp3) is 0.308. The molecule has 3 aromatic rings. The van der Waals surface area contributed by atoms with Gasteiger partial charge in [0.2, 0.25) is 5.88 Å². The second-order valence-corrected chi connectivity index (χ2v) is 7.69. The summed E-state index contributed by atoms with van der Waals surface area (Å²) < 4.78 is 23.7. The monoisotopic (exact) mass is 463 g/mol. The van der Waals surface area contributed by atoms with Crippen LogP contribution in [0.25, 0.3) is 16.9 Å². The van der Waals surface area contributed by atoms with Gasteiger partial charge in [-0.15, -0.1) is 0 Å². The molecule has 0 saturated heterocycles. The molecule has 0 unspecified atom stereocenters. The molecular weight excluding hydrogens is 434 g/mol. The van der Waals surface area contributed by atoms with Crippen molar-refractivity contribution in [3.05, 3.63) is 66.2 Å². The van der Waals surface area contributed by atoms with Gasteiger partial charge in [-0.05, 0) is 61.9 Å². The predicted octanol–water partition coefficient (Wildman–Crippen LogP) is 3.79. The van der Waals surface area contributed by atoms with Crippen LogP contribution >= 0.6 is 0 Å². The Morgan fingerprint density at radius 1 is 1.09 bits per heavy atom. The van der Waals surface area contributed by atoms with Crippen LogP contribution in [-0.4, -0.2) is 55.8 Å². The first-order valence-electron chi connectivity index (χ1n) is 11.3. The fourth-order valence-electron chi connectivity index (χ4n) is 3.52. The van der Waals surface area contributed by atoms with Gasteiger partial charge in [-0.3, -0.25) is 4.79 Å². The molecule has 0 bridgehead atoms. The number of carbonyl (C=O) groups excluding carboxylic acids is 1. The summed E-state index contributed by atoms with van der Waals surface area (Å²) in [6.07, 6.45) is 2.86. The zero-order valence-corrected chi connectivity index (χ0v) is 19.5. The van der Waals surface area contributed by atoms with Gasteiger partial charge >= 0.3 is 0 Å². The molecule has 34 heavy (non-hydrogen) atoms. The van der Waals surface area contributed by atoms with E-state index < -0.39 is 0 Å². The van der Waals surface area contributed by atoms with Crippen LogP contribution in [0.15, 0.2) is 66.2 Å². The first-order valence-corrected chi connectivity index (χ1v) is 11.3. The molecule has 8 nitrogen and oxygen atoms in total. The van der Waals surface area contributed by atoms with Gasteiger partial charge in [-0.1, -0.05) is 11.6 Å². The molecule has 1 aliphatic rings. The third-order valence-corrected chi connectivity index (χ3v) is 5.38. The van der Waals surface area contributed by atoms with Gasteiger partial charge in [-0.25, -0.2) is 4.68 Å². The van der Waals surface area contributed by atoms with Gasteiger partial charge in [0.25, 0.3) is 5.91 Å². The van der Waals surface area contributed by atoms with E-state index >= 15 is 0 Å². The van der Waals surface area contributed by atoms with E-state index in [1.165, 1.54) is 5.57 Å². The van der Waals surface area contributed by atoms with E-state index in [0.717, 1.165) is 29.1 Å². The number of rotatable bonds is 10. The minimum atomic E-state index is -0.156. The molecule has 1 aliphatic heterocycles. The fourth-order valence-corrected chi connectivity index (χ4v) is 3.52. The van der Waals surface area contributed by atoms with E-state index in [-0.39, 0.29) is 12.5 Å². The van der Waals surface area contributed by atoms with Gasteiger partial charge in [0.1, 0.15) is 11.5 Å². The number of nitrogens with one attached hydrogen (secondary N) is 1. The summed E-state index contributed by atoms with van der Waals surface area (Å²) in [5.41, 5.74) is 3.74. The van der Waals surface area contributed by atoms with Gasteiger partial charge in [0.15, 0.2) is 6.61 Å². The van der Waals surface area contributed by atoms with Crippen molar-refractivity contribution in [1.82, 2.24) is 15.1 Å². The van der Waals surface area contributed by atoms with E-state index in [0.29, 0.717) is 38.0 Å². The van der Waals surface area contributed by atoms with E-state index in [4.69, 9.17) is 24.0 Å². The Kier molecular flexibility index (Phi) is 7.83. The lowest BCUT2D eigenvalue weighted by Crippen LogP contribution is -2.31. The molecule has 178 valence electrons. The summed E-state index contributed by atoms with van der Waals surface area (Å²) in [4.78, 5) is 12.1. The largest absolute Gasteiger partial charge is 0.497 e. The molecule has 0 radical (unpaired) electrons. The highest BCUT2D eigenvalue weighted by molar-refractivity contribution is 5.77. The molecular formula is C26H29N3O5. The SMILES string of the molecule is CCOc1cc(-c2ccc(OCC(=O)NCC3=CCOCC3)cc2)nn1-c1ccc(OC)cc1. The molecule has 2 heterocycles. The Labute approximate surface area is 199 Å². The number of carbonyl (C=O) groups is 1. The Bertz CT molecular complexity index is 1120. The normalized spacial score (nSPS) is 13.2. The molecule has 4 rings (SSSR count). The number of ether oxygens (including phenoxy) is 4. The van der Waals surface area contributed by atoms with Gasteiger partial charge < -0.3 is 24.3 Å². The minimum absolute atomic E-state index is 0.0380. The molecule has 0 spiro atoms. The maximum atomic E-state index is 12.1. The van der Waals surface area contributed by atoms with Crippen molar-refractivity contribution in [3.8, 4) is 34.3 Å². The summed E-state index contributed by atoms with van der Waals surface area (Å²) in [5.74, 6) is 1.89. The van der Waals surface area contributed by atoms with Crippen molar-refractivity contribution in [3.63, 3.8) is 0 Å². The second kappa shape index (κ2) is 11.4. The molecule has 0 fully saturated rings. The van der Waals surface area contributed by atoms with Crippen LogP contribution in [0.3, 0.4) is 0 Å². The lowest BCUT2D eigenvalue weighted by atomic mass is 10.1. The molecule has 1 N–H and O–H groups in total. The maximum Gasteiger partial charge on any atom is 0.258 e. The lowest BCUT2D eigenvalue weighted by molar-refractivity contribution is -0.122. The molecule has 8 heteroatoms. The van der Waals surface area contributed by atoms with Crippen LogP contribution in [0.1, 0.15) is 13.3 Å². The van der Waals surface area contributed by atoms with E-state index in [2.05, 4.69) is 5.32 Å². The van der Waals surface area contributed by atoms with Crippen molar-refractivity contribution < 1.29 is 23.7 Å². The van der Waals surface area contributed by atoms with Crippen LogP contribution in [0.4, 0.5) is 0 Å². The van der Waals surface area contributed by atoms with Crippen LogP contribution < -0.4 is 19.5 Å². The highest BCUT2D eigenvalue weighted by Crippen LogP contribution is 2.28. The Morgan fingerprint density at radius 2 is 1.85 bits per heavy atom. The highest BCUT2D eigenvalue weighted by atomic mass is 16.5. The Hall–Kier alpha value is -3.78. The number of hydrogen-bond donors (Lipinski definition) is 1. The summed E-state index contributed by atoms with van der Waals surface area (Å²) in [6, 6.07) is 17.0. The predicted molar refractivity (Wildman–Crippen MR) is 129 cm³/mol. The first-order chi connectivity index (χ1) is 16.7. The first kappa shape index (κ1) is 23.4. The second-order valence-electron chi connectivity index (χ2n) is 7.69. The van der Waals surface area contributed by atoms with Crippen molar-refractivity contribution in [2.45, 2.75) is 13.3 Å². The van der Waals surface area contributed by atoms with Crippen LogP contribution in [0.2, 0.25) is 0 Å². The third-order valence-electron chi connectivity index (χ3n) is 5.38. The summed E-state index contributed by atoms with van der Waals surface area (Å²) in [7, 11) is 1.64. The van der Waals surface area contributed by atoms with Crippen molar-refractivity contribution in [2.24, 2.45) is 0 Å². The van der Waals surface area contributed by atoms with Crippen LogP contribution in [-0.2, 0) is 9.53 Å². The maximum absolute atomic E-state index is 12.1. The third kappa shape index (κ3) is 5.96. The topological polar surface area (TPSA) is 83.8 Å². The zero-order valence-electron chi connectivity index (χ0n) is 19.5. The summed E-state index contributed by atoms with van der Waals surface area (Å²) in [6.45, 7) is 4.27. The molecule has 0 atom stereocenters. The number of benzene rings is 2. The van der Waals surface area contributed by atoms with Gasteiger partial charge in [0, 0.05) is 18.2 Å². The van der Waals surface area contributed by atoms with Crippen molar-refractivity contribution in [2.75, 3.05) is 40.1 Å². The summed E-state index contributed by atoms with van der Waals surface area (Å²) in [5, 5.41) is 7.61. The molecule has 0 saturated carbocycles. The van der Waals surface area contributed by atoms with Crippen molar-refractivity contribution in [1.29, 1.82) is 0 Å². The van der Waals surface area contributed by atoms with E-state index in [1.54, 1.807) is 11.8 Å². The minimum Gasteiger partial charge on any atom is -0.497 e. The lowest BCUT2D eigenvalue weighted by Gasteiger charge is -2.14. The quantitative estimate of drug-likeness (QED) is 0.461. The van der Waals surface area contributed by atoms with E-state index in [1.807, 2.05) is 67.6 Å².